The van der Waals surface area contributed by atoms with E-state index in [1.807, 2.05) is 0 Å². The van der Waals surface area contributed by atoms with Gasteiger partial charge in [-0.2, -0.15) is 0 Å². The fraction of sp³-hybridized carbons (Fsp3) is 0.381. The molecule has 5 nitrogen and oxygen atoms in total. The maximum absolute atomic E-state index is 12.6. The van der Waals surface area contributed by atoms with E-state index in [4.69, 9.17) is 9.47 Å². The number of rotatable bonds is 4. The van der Waals surface area contributed by atoms with E-state index in [0.717, 1.165) is 25.7 Å². The minimum atomic E-state index is -0.0468. The summed E-state index contributed by atoms with van der Waals surface area (Å²) in [6.45, 7) is 0.221. The van der Waals surface area contributed by atoms with Crippen LogP contribution in [0.25, 0.3) is 0 Å². The topological polar surface area (TPSA) is 59.6 Å². The van der Waals surface area contributed by atoms with Gasteiger partial charge in [0.2, 0.25) is 6.79 Å². The van der Waals surface area contributed by atoms with Crippen LogP contribution in [0.1, 0.15) is 34.3 Å². The molecule has 1 aliphatic heterocycles. The van der Waals surface area contributed by atoms with Gasteiger partial charge in [0.1, 0.15) is 0 Å². The van der Waals surface area contributed by atoms with E-state index in [-0.39, 0.29) is 18.7 Å². The third-order valence-corrected chi connectivity index (χ3v) is 5.73. The summed E-state index contributed by atoms with van der Waals surface area (Å²) in [7, 11) is 0. The summed E-state index contributed by atoms with van der Waals surface area (Å²) in [5, 5.41) is 6.92. The Morgan fingerprint density at radius 3 is 2.38 bits per heavy atom. The highest BCUT2D eigenvalue weighted by molar-refractivity contribution is 5.95. The zero-order chi connectivity index (χ0) is 17.5. The molecule has 2 N–H and O–H groups in total. The highest BCUT2D eigenvalue weighted by Crippen LogP contribution is 2.33. The Bertz CT molecular complexity index is 826. The molecule has 0 radical (unpaired) electrons. The Morgan fingerprint density at radius 2 is 1.65 bits per heavy atom. The number of fused-ring (bicyclic) bond motifs is 2. The van der Waals surface area contributed by atoms with Crippen LogP contribution in [0.4, 0.5) is 0 Å². The number of carbonyl (C=O) groups excluding carboxylic acids is 1. The second-order valence-corrected chi connectivity index (χ2v) is 7.37. The van der Waals surface area contributed by atoms with Gasteiger partial charge in [0.05, 0.1) is 0 Å². The van der Waals surface area contributed by atoms with Gasteiger partial charge in [-0.3, -0.25) is 4.79 Å². The summed E-state index contributed by atoms with van der Waals surface area (Å²) in [4.78, 5) is 12.6. The average Bonchev–Trinajstić information content (AvgIpc) is 3.28. The van der Waals surface area contributed by atoms with Crippen LogP contribution >= 0.6 is 0 Å². The first-order chi connectivity index (χ1) is 12.8. The van der Waals surface area contributed by atoms with E-state index in [9.17, 15) is 4.79 Å². The van der Waals surface area contributed by atoms with Crippen molar-refractivity contribution < 1.29 is 14.3 Å². The normalized spacial score (nSPS) is 23.4. The number of hydrogen-bond acceptors (Lipinski definition) is 4. The van der Waals surface area contributed by atoms with Gasteiger partial charge >= 0.3 is 0 Å². The van der Waals surface area contributed by atoms with Gasteiger partial charge in [-0.25, -0.2) is 0 Å². The maximum atomic E-state index is 12.6. The van der Waals surface area contributed by atoms with E-state index >= 15 is 0 Å². The molecule has 2 aromatic rings. The van der Waals surface area contributed by atoms with Crippen LogP contribution in [0.3, 0.4) is 0 Å². The lowest BCUT2D eigenvalue weighted by Gasteiger charge is -2.39. The van der Waals surface area contributed by atoms with Crippen LogP contribution in [0.15, 0.2) is 42.5 Å². The Balaban J connectivity index is 1.19. The molecule has 1 fully saturated rings. The van der Waals surface area contributed by atoms with E-state index in [1.165, 1.54) is 11.1 Å². The second kappa shape index (κ2) is 6.32. The molecule has 0 aromatic heterocycles. The number of nitrogens with one attached hydrogen (secondary N) is 2. The minimum absolute atomic E-state index is 0.0468. The molecule has 2 aromatic carbocycles. The molecule has 5 rings (SSSR count). The lowest BCUT2D eigenvalue weighted by atomic mass is 9.85. The summed E-state index contributed by atoms with van der Waals surface area (Å²) in [5.41, 5.74) is 3.52. The van der Waals surface area contributed by atoms with Crippen LogP contribution in [-0.2, 0) is 12.8 Å². The van der Waals surface area contributed by atoms with Gasteiger partial charge in [0.25, 0.3) is 5.91 Å². The summed E-state index contributed by atoms with van der Waals surface area (Å²) >= 11 is 0. The van der Waals surface area contributed by atoms with Gasteiger partial charge in [0, 0.05) is 23.7 Å². The van der Waals surface area contributed by atoms with Crippen molar-refractivity contribution in [2.75, 3.05) is 6.79 Å². The lowest BCUT2D eigenvalue weighted by molar-refractivity contribution is 0.0889. The van der Waals surface area contributed by atoms with Crippen LogP contribution in [0.5, 0.6) is 11.5 Å². The van der Waals surface area contributed by atoms with Crippen molar-refractivity contribution >= 4 is 5.91 Å². The van der Waals surface area contributed by atoms with E-state index < -0.39 is 0 Å². The van der Waals surface area contributed by atoms with Crippen molar-refractivity contribution in [3.8, 4) is 11.5 Å². The first kappa shape index (κ1) is 15.7. The molecule has 134 valence electrons. The molecule has 26 heavy (non-hydrogen) atoms. The second-order valence-electron chi connectivity index (χ2n) is 7.37. The van der Waals surface area contributed by atoms with Crippen LogP contribution < -0.4 is 20.1 Å². The quantitative estimate of drug-likeness (QED) is 0.889. The molecule has 1 heterocycles. The molecule has 0 saturated heterocycles. The van der Waals surface area contributed by atoms with Crippen molar-refractivity contribution in [3.05, 3.63) is 59.2 Å². The van der Waals surface area contributed by atoms with Crippen LogP contribution in [0, 0.1) is 0 Å². The zero-order valence-corrected chi connectivity index (χ0v) is 14.5. The van der Waals surface area contributed by atoms with Gasteiger partial charge in [-0.15, -0.1) is 0 Å². The lowest BCUT2D eigenvalue weighted by Crippen LogP contribution is -2.59. The van der Waals surface area contributed by atoms with Crippen molar-refractivity contribution in [1.82, 2.24) is 10.6 Å². The largest absolute Gasteiger partial charge is 0.454 e. The Morgan fingerprint density at radius 1 is 0.923 bits per heavy atom. The van der Waals surface area contributed by atoms with Crippen LogP contribution in [-0.4, -0.2) is 30.8 Å². The average molecular weight is 350 g/mol. The van der Waals surface area contributed by atoms with Crippen molar-refractivity contribution in [3.63, 3.8) is 0 Å². The third-order valence-electron chi connectivity index (χ3n) is 5.73. The van der Waals surface area contributed by atoms with Gasteiger partial charge in [-0.05, 0) is 55.0 Å². The third kappa shape index (κ3) is 2.82. The Labute approximate surface area is 152 Å². The molecule has 5 heteroatoms. The Hall–Kier alpha value is -2.53. The van der Waals surface area contributed by atoms with Crippen molar-refractivity contribution in [2.45, 2.75) is 43.8 Å². The fourth-order valence-electron chi connectivity index (χ4n) is 4.14. The first-order valence-corrected chi connectivity index (χ1v) is 9.29. The SMILES string of the molecule is O=C(N[C@@H]1CC[C@@H]1NC1Cc2ccccc2C1)c1ccc2c(c1)OCO2. The zero-order valence-electron chi connectivity index (χ0n) is 14.5. The predicted octanol–water partition coefficient (Wildman–Crippen LogP) is 2.43. The molecule has 0 unspecified atom stereocenters. The number of ether oxygens (including phenoxy) is 2. The first-order valence-electron chi connectivity index (χ1n) is 9.29. The summed E-state index contributed by atoms with van der Waals surface area (Å²) in [6, 6.07) is 15.0. The highest BCUT2D eigenvalue weighted by Gasteiger charge is 2.35. The van der Waals surface area contributed by atoms with Crippen LogP contribution in [0.2, 0.25) is 0 Å². The number of hydrogen-bond donors (Lipinski definition) is 2. The van der Waals surface area contributed by atoms with Gasteiger partial charge < -0.3 is 20.1 Å². The van der Waals surface area contributed by atoms with Crippen molar-refractivity contribution in [2.24, 2.45) is 0 Å². The smallest absolute Gasteiger partial charge is 0.251 e. The monoisotopic (exact) mass is 350 g/mol. The van der Waals surface area contributed by atoms with Crippen molar-refractivity contribution in [1.29, 1.82) is 0 Å². The standard InChI is InChI=1S/C21H22N2O3/c24-21(15-5-8-19-20(11-15)26-12-25-19)23-18-7-6-17(18)22-16-9-13-3-1-2-4-14(13)10-16/h1-5,8,11,16-18,22H,6-7,9-10,12H2,(H,23,24)/t17-,18+/m0/s1. The predicted molar refractivity (Wildman–Crippen MR) is 97.6 cm³/mol. The molecular weight excluding hydrogens is 328 g/mol. The number of carbonyl (C=O) groups is 1. The molecule has 3 aliphatic rings. The molecule has 1 saturated carbocycles. The fourth-order valence-corrected chi connectivity index (χ4v) is 4.14. The summed E-state index contributed by atoms with van der Waals surface area (Å²) < 4.78 is 10.7. The number of benzene rings is 2. The highest BCUT2D eigenvalue weighted by atomic mass is 16.7. The molecule has 2 atom stereocenters. The van der Waals surface area contributed by atoms with E-state index in [1.54, 1.807) is 18.2 Å². The van der Waals surface area contributed by atoms with Gasteiger partial charge in [0.15, 0.2) is 11.5 Å². The minimum Gasteiger partial charge on any atom is -0.454 e. The maximum Gasteiger partial charge on any atom is 0.251 e. The Kier molecular flexibility index (Phi) is 3.82. The number of amides is 1. The molecule has 1 amide bonds. The summed E-state index contributed by atoms with van der Waals surface area (Å²) in [5.74, 6) is 1.30. The summed E-state index contributed by atoms with van der Waals surface area (Å²) in [6.07, 6.45) is 4.29. The molecule has 0 spiro atoms. The molecule has 0 bridgehead atoms. The van der Waals surface area contributed by atoms with Gasteiger partial charge in [-0.1, -0.05) is 24.3 Å². The van der Waals surface area contributed by atoms with E-state index in [2.05, 4.69) is 34.9 Å². The van der Waals surface area contributed by atoms with E-state index in [0.29, 0.717) is 29.1 Å². The molecule has 2 aliphatic carbocycles. The molecular formula is C21H22N2O3.